The van der Waals surface area contributed by atoms with Gasteiger partial charge in [-0.15, -0.1) is 0 Å². The summed E-state index contributed by atoms with van der Waals surface area (Å²) < 4.78 is 0. The van der Waals surface area contributed by atoms with Crippen LogP contribution < -0.4 is 10.6 Å². The molecule has 0 saturated heterocycles. The predicted octanol–water partition coefficient (Wildman–Crippen LogP) is 2.83. The van der Waals surface area contributed by atoms with Gasteiger partial charge in [0.15, 0.2) is 5.96 Å². The van der Waals surface area contributed by atoms with E-state index in [2.05, 4.69) is 46.8 Å². The second kappa shape index (κ2) is 9.73. The third kappa shape index (κ3) is 5.70. The molecule has 2 aromatic carbocycles. The molecule has 4 heteroatoms. The molecule has 0 fully saturated rings. The molecule has 0 aliphatic rings. The summed E-state index contributed by atoms with van der Waals surface area (Å²) in [6, 6.07) is 18.5. The Balaban J connectivity index is 1.96. The highest BCUT2D eigenvalue weighted by atomic mass is 16.3. The van der Waals surface area contributed by atoms with Gasteiger partial charge in [-0.3, -0.25) is 0 Å². The fourth-order valence-electron chi connectivity index (χ4n) is 2.44. The zero-order chi connectivity index (χ0) is 17.2. The molecule has 0 aliphatic carbocycles. The van der Waals surface area contributed by atoms with Gasteiger partial charge < -0.3 is 15.7 Å². The molecule has 1 atom stereocenters. The van der Waals surface area contributed by atoms with E-state index in [-0.39, 0.29) is 12.5 Å². The molecule has 0 heterocycles. The summed E-state index contributed by atoms with van der Waals surface area (Å²) in [7, 11) is 0. The molecule has 3 N–H and O–H groups in total. The van der Waals surface area contributed by atoms with E-state index < -0.39 is 0 Å². The number of aryl methyl sites for hydroxylation is 1. The van der Waals surface area contributed by atoms with Gasteiger partial charge in [0.25, 0.3) is 0 Å². The smallest absolute Gasteiger partial charge is 0.191 e. The van der Waals surface area contributed by atoms with Crippen molar-refractivity contribution in [3.8, 4) is 0 Å². The van der Waals surface area contributed by atoms with Crippen molar-refractivity contribution < 1.29 is 5.11 Å². The Hall–Kier alpha value is -2.33. The first kappa shape index (κ1) is 18.0. The summed E-state index contributed by atoms with van der Waals surface area (Å²) in [5.41, 5.74) is 3.56. The largest absolute Gasteiger partial charge is 0.396 e. The lowest BCUT2D eigenvalue weighted by atomic mass is 10.0. The van der Waals surface area contributed by atoms with Gasteiger partial charge >= 0.3 is 0 Å². The molecule has 0 bridgehead atoms. The third-order valence-electron chi connectivity index (χ3n) is 3.89. The van der Waals surface area contributed by atoms with Gasteiger partial charge in [-0.05, 0) is 25.0 Å². The maximum absolute atomic E-state index is 9.66. The molecular weight excluding hydrogens is 298 g/mol. The molecule has 0 amide bonds. The summed E-state index contributed by atoms with van der Waals surface area (Å²) in [6.07, 6.45) is 0. The first-order chi connectivity index (χ1) is 11.7. The lowest BCUT2D eigenvalue weighted by Crippen LogP contribution is -2.39. The Morgan fingerprint density at radius 2 is 1.75 bits per heavy atom. The number of aliphatic imine (C=N–C) groups is 1. The molecule has 4 nitrogen and oxygen atoms in total. The van der Waals surface area contributed by atoms with Crippen molar-refractivity contribution in [3.63, 3.8) is 0 Å². The normalized spacial score (nSPS) is 12.7. The lowest BCUT2D eigenvalue weighted by molar-refractivity contribution is 0.265. The molecule has 0 spiro atoms. The van der Waals surface area contributed by atoms with E-state index in [1.54, 1.807) is 0 Å². The standard InChI is InChI=1S/C20H27N3O/c1-3-21-20(22-13-17-11-9-16(2)10-12-17)23-14-19(15-24)18-7-5-4-6-8-18/h4-12,19,24H,3,13-15H2,1-2H3,(H2,21,22,23). The maximum Gasteiger partial charge on any atom is 0.191 e. The summed E-state index contributed by atoms with van der Waals surface area (Å²) in [5.74, 6) is 0.821. The van der Waals surface area contributed by atoms with E-state index in [1.165, 1.54) is 11.1 Å². The van der Waals surface area contributed by atoms with Crippen LogP contribution in [0.25, 0.3) is 0 Å². The van der Waals surface area contributed by atoms with Crippen LogP contribution in [0.5, 0.6) is 0 Å². The first-order valence-corrected chi connectivity index (χ1v) is 8.46. The van der Waals surface area contributed by atoms with E-state index in [0.29, 0.717) is 13.1 Å². The Labute approximate surface area is 144 Å². The van der Waals surface area contributed by atoms with Gasteiger partial charge in [0.2, 0.25) is 0 Å². The van der Waals surface area contributed by atoms with Crippen LogP contribution in [-0.4, -0.2) is 30.8 Å². The highest BCUT2D eigenvalue weighted by molar-refractivity contribution is 5.79. The number of nitrogens with one attached hydrogen (secondary N) is 2. The quantitative estimate of drug-likeness (QED) is 0.542. The van der Waals surface area contributed by atoms with Crippen molar-refractivity contribution in [2.24, 2.45) is 4.99 Å². The van der Waals surface area contributed by atoms with Gasteiger partial charge in [-0.2, -0.15) is 0 Å². The van der Waals surface area contributed by atoms with Gasteiger partial charge in [-0.25, -0.2) is 4.99 Å². The predicted molar refractivity (Wildman–Crippen MR) is 100 cm³/mol. The van der Waals surface area contributed by atoms with Crippen molar-refractivity contribution in [1.29, 1.82) is 0 Å². The van der Waals surface area contributed by atoms with Crippen LogP contribution in [0.4, 0.5) is 0 Å². The minimum Gasteiger partial charge on any atom is -0.396 e. The fraction of sp³-hybridized carbons (Fsp3) is 0.350. The Kier molecular flexibility index (Phi) is 7.30. The first-order valence-electron chi connectivity index (χ1n) is 8.46. The van der Waals surface area contributed by atoms with Crippen LogP contribution in [0.3, 0.4) is 0 Å². The summed E-state index contributed by atoms with van der Waals surface area (Å²) in [5, 5.41) is 16.2. The van der Waals surface area contributed by atoms with Crippen LogP contribution in [0.2, 0.25) is 0 Å². The Bertz CT molecular complexity index is 623. The Morgan fingerprint density at radius 1 is 1.04 bits per heavy atom. The average Bonchev–Trinajstić information content (AvgIpc) is 2.62. The number of benzene rings is 2. The average molecular weight is 325 g/mol. The number of aliphatic hydroxyl groups excluding tert-OH is 1. The summed E-state index contributed by atoms with van der Waals surface area (Å²) in [4.78, 5) is 4.63. The number of aliphatic hydroxyl groups is 1. The van der Waals surface area contributed by atoms with Crippen LogP contribution in [0.1, 0.15) is 29.5 Å². The van der Waals surface area contributed by atoms with E-state index >= 15 is 0 Å². The molecule has 0 aromatic heterocycles. The molecule has 0 saturated carbocycles. The van der Waals surface area contributed by atoms with E-state index in [9.17, 15) is 5.11 Å². The van der Waals surface area contributed by atoms with Gasteiger partial charge in [0, 0.05) is 19.0 Å². The Morgan fingerprint density at radius 3 is 2.38 bits per heavy atom. The van der Waals surface area contributed by atoms with E-state index in [0.717, 1.165) is 18.1 Å². The van der Waals surface area contributed by atoms with Crippen LogP contribution >= 0.6 is 0 Å². The van der Waals surface area contributed by atoms with Crippen molar-refractivity contribution in [2.75, 3.05) is 19.7 Å². The number of hydrogen-bond acceptors (Lipinski definition) is 2. The molecule has 2 rings (SSSR count). The topological polar surface area (TPSA) is 56.7 Å². The SMILES string of the molecule is CCNC(=NCc1ccc(C)cc1)NCC(CO)c1ccccc1. The number of guanidine groups is 1. The van der Waals surface area contributed by atoms with E-state index in [4.69, 9.17) is 0 Å². The second-order valence-corrected chi connectivity index (χ2v) is 5.85. The molecule has 0 radical (unpaired) electrons. The zero-order valence-corrected chi connectivity index (χ0v) is 14.5. The van der Waals surface area contributed by atoms with E-state index in [1.807, 2.05) is 37.3 Å². The highest BCUT2D eigenvalue weighted by Crippen LogP contribution is 2.13. The third-order valence-corrected chi connectivity index (χ3v) is 3.89. The lowest BCUT2D eigenvalue weighted by Gasteiger charge is -2.18. The van der Waals surface area contributed by atoms with Crippen molar-refractivity contribution in [2.45, 2.75) is 26.3 Å². The molecule has 2 aromatic rings. The number of hydrogen-bond donors (Lipinski definition) is 3. The number of rotatable bonds is 7. The van der Waals surface area contributed by atoms with Crippen molar-refractivity contribution >= 4 is 5.96 Å². The fourth-order valence-corrected chi connectivity index (χ4v) is 2.44. The van der Waals surface area contributed by atoms with Gasteiger partial charge in [0.05, 0.1) is 13.2 Å². The highest BCUT2D eigenvalue weighted by Gasteiger charge is 2.10. The molecule has 24 heavy (non-hydrogen) atoms. The minimum atomic E-state index is 0.0504. The molecule has 128 valence electrons. The second-order valence-electron chi connectivity index (χ2n) is 5.85. The van der Waals surface area contributed by atoms with Crippen molar-refractivity contribution in [3.05, 3.63) is 71.3 Å². The zero-order valence-electron chi connectivity index (χ0n) is 14.5. The van der Waals surface area contributed by atoms with Crippen molar-refractivity contribution in [1.82, 2.24) is 10.6 Å². The van der Waals surface area contributed by atoms with Crippen LogP contribution in [-0.2, 0) is 6.54 Å². The van der Waals surface area contributed by atoms with Gasteiger partial charge in [-0.1, -0.05) is 60.2 Å². The summed E-state index contributed by atoms with van der Waals surface area (Å²) >= 11 is 0. The van der Waals surface area contributed by atoms with Gasteiger partial charge in [0.1, 0.15) is 0 Å². The molecule has 1 unspecified atom stereocenters. The van der Waals surface area contributed by atoms with Crippen LogP contribution in [0, 0.1) is 6.92 Å². The molecular formula is C20H27N3O. The van der Waals surface area contributed by atoms with Crippen LogP contribution in [0.15, 0.2) is 59.6 Å². The minimum absolute atomic E-state index is 0.0504. The monoisotopic (exact) mass is 325 g/mol. The number of nitrogens with zero attached hydrogens (tertiary/aromatic N) is 1. The maximum atomic E-state index is 9.66. The summed E-state index contributed by atoms with van der Waals surface area (Å²) in [6.45, 7) is 6.30. The molecule has 0 aliphatic heterocycles.